The van der Waals surface area contributed by atoms with Crippen LogP contribution in [0.25, 0.3) is 77.4 Å². The van der Waals surface area contributed by atoms with E-state index in [4.69, 9.17) is 4.98 Å². The summed E-state index contributed by atoms with van der Waals surface area (Å²) in [6.07, 6.45) is 10.8. The molecule has 1 aliphatic carbocycles. The Morgan fingerprint density at radius 3 is 1.67 bits per heavy atom. The van der Waals surface area contributed by atoms with Crippen molar-refractivity contribution < 1.29 is 23.2 Å². The van der Waals surface area contributed by atoms with Crippen molar-refractivity contribution in [2.75, 3.05) is 0 Å². The summed E-state index contributed by atoms with van der Waals surface area (Å²) in [7, 11) is 0. The number of aldehydes is 1. The number of aromatic amines is 3. The quantitative estimate of drug-likeness (QED) is 0.0887. The first-order chi connectivity index (χ1) is 26.9. The average Bonchev–Trinajstić information content (AvgIpc) is 3.97. The molecule has 0 atom stereocenters. The van der Waals surface area contributed by atoms with Gasteiger partial charge in [0.1, 0.15) is 28.8 Å². The van der Waals surface area contributed by atoms with Crippen molar-refractivity contribution in [2.45, 2.75) is 22.3 Å². The number of hydrogen-bond acceptors (Lipinski definition) is 8. The third-order valence-electron chi connectivity index (χ3n) is 9.30. The molecule has 0 radical (unpaired) electrons. The van der Waals surface area contributed by atoms with E-state index in [2.05, 4.69) is 34.9 Å². The van der Waals surface area contributed by atoms with Crippen LogP contribution in [0.1, 0.15) is 53.4 Å². The van der Waals surface area contributed by atoms with Crippen LogP contribution in [0.4, 0.5) is 8.78 Å². The molecule has 1 aliphatic rings. The fourth-order valence-electron chi connectivity index (χ4n) is 6.77. The van der Waals surface area contributed by atoms with Crippen molar-refractivity contribution in [1.29, 1.82) is 0 Å². The van der Waals surface area contributed by atoms with Crippen molar-refractivity contribution >= 4 is 72.5 Å². The fraction of sp³-hybridized carbons (Fsp3) is 0.0667. The molecule has 58 heavy (non-hydrogen) atoms. The van der Waals surface area contributed by atoms with Gasteiger partial charge in [0, 0.05) is 80.9 Å². The van der Waals surface area contributed by atoms with Crippen molar-refractivity contribution in [3.05, 3.63) is 150 Å². The third kappa shape index (κ3) is 6.74. The van der Waals surface area contributed by atoms with Crippen molar-refractivity contribution in [3.8, 4) is 22.8 Å². The van der Waals surface area contributed by atoms with Crippen molar-refractivity contribution in [2.24, 2.45) is 0 Å². The molecule has 11 nitrogen and oxygen atoms in total. The molecule has 3 N–H and O–H groups in total. The molecule has 11 rings (SSSR count). The molecular formula is C45H36F2N8O3. The number of halogens is 2. The van der Waals surface area contributed by atoms with Crippen LogP contribution in [0.3, 0.4) is 0 Å². The topological polar surface area (TPSA) is 163 Å². The largest absolute Gasteiger partial charge is 0.360 e. The Balaban J connectivity index is 0.000000157. The molecule has 0 fully saturated rings. The number of imidazole rings is 1. The molecule has 7 aromatic heterocycles. The SMILES string of the molecule is C.C.C.Fc1ccc2[nH]cc(-c3nc4c5cccnc5c5ncccc5c4[nH]3)c2c1.O=C1C(=O)c2cccnc2-c2ncccc21.O=Cc1c[nH]c2ccc(F)cc12. The number of H-pyrrole nitrogens is 3. The van der Waals surface area contributed by atoms with Crippen molar-refractivity contribution in [1.82, 2.24) is 39.9 Å². The number of ketones is 2. The second-order valence-corrected chi connectivity index (χ2v) is 12.5. The minimum Gasteiger partial charge on any atom is -0.360 e. The van der Waals surface area contributed by atoms with Gasteiger partial charge in [-0.05, 0) is 84.9 Å². The zero-order valence-electron chi connectivity index (χ0n) is 28.3. The van der Waals surface area contributed by atoms with Crippen molar-refractivity contribution in [3.63, 3.8) is 0 Å². The molecule has 0 saturated heterocycles. The number of benzene rings is 3. The van der Waals surface area contributed by atoms with E-state index < -0.39 is 11.6 Å². The predicted octanol–water partition coefficient (Wildman–Crippen LogP) is 10.5. The number of carbonyl (C=O) groups is 3. The second-order valence-electron chi connectivity index (χ2n) is 12.5. The summed E-state index contributed by atoms with van der Waals surface area (Å²) in [4.78, 5) is 65.6. The minimum atomic E-state index is -0.511. The van der Waals surface area contributed by atoms with E-state index in [1.54, 1.807) is 67.4 Å². The number of nitrogens with one attached hydrogen (secondary N) is 3. The number of pyridine rings is 4. The van der Waals surface area contributed by atoms with Gasteiger partial charge in [0.25, 0.3) is 0 Å². The van der Waals surface area contributed by atoms with Crippen LogP contribution in [0.2, 0.25) is 0 Å². The lowest BCUT2D eigenvalue weighted by Crippen LogP contribution is -2.22. The molecule has 10 aromatic rings. The number of nitrogens with zero attached hydrogens (tertiary/aromatic N) is 5. The van der Waals surface area contributed by atoms with Gasteiger partial charge in [-0.1, -0.05) is 22.3 Å². The maximum atomic E-state index is 13.8. The molecule has 0 spiro atoms. The van der Waals surface area contributed by atoms with Crippen LogP contribution >= 0.6 is 0 Å². The van der Waals surface area contributed by atoms with E-state index >= 15 is 0 Å². The van der Waals surface area contributed by atoms with Gasteiger partial charge in [-0.2, -0.15) is 0 Å². The van der Waals surface area contributed by atoms with E-state index in [0.29, 0.717) is 45.6 Å². The summed E-state index contributed by atoms with van der Waals surface area (Å²) in [6, 6.07) is 23.3. The van der Waals surface area contributed by atoms with Crippen LogP contribution < -0.4 is 0 Å². The summed E-state index contributed by atoms with van der Waals surface area (Å²) in [5.74, 6) is -0.940. The van der Waals surface area contributed by atoms with Gasteiger partial charge in [-0.15, -0.1) is 0 Å². The number of rotatable bonds is 2. The third-order valence-corrected chi connectivity index (χ3v) is 9.30. The Bertz CT molecular complexity index is 3040. The van der Waals surface area contributed by atoms with Gasteiger partial charge in [0.15, 0.2) is 6.29 Å². The maximum absolute atomic E-state index is 13.8. The molecule has 3 aromatic carbocycles. The normalized spacial score (nSPS) is 11.3. The van der Waals surface area contributed by atoms with Crippen LogP contribution in [-0.4, -0.2) is 57.7 Å². The van der Waals surface area contributed by atoms with Gasteiger partial charge >= 0.3 is 0 Å². The van der Waals surface area contributed by atoms with E-state index in [1.165, 1.54) is 24.3 Å². The molecule has 288 valence electrons. The van der Waals surface area contributed by atoms with E-state index in [0.717, 1.165) is 54.8 Å². The number of fused-ring (bicyclic) bond motifs is 11. The number of Topliss-reactive ketones (excluding diaryl/α,β-unsaturated/α-hetero) is 2. The Morgan fingerprint density at radius 2 is 1.05 bits per heavy atom. The highest BCUT2D eigenvalue weighted by atomic mass is 19.1. The van der Waals surface area contributed by atoms with Gasteiger partial charge in [0.05, 0.1) is 33.2 Å². The molecular weight excluding hydrogens is 739 g/mol. The summed E-state index contributed by atoms with van der Waals surface area (Å²) in [5.41, 5.74) is 7.99. The Hall–Kier alpha value is -7.80. The smallest absolute Gasteiger partial charge is 0.235 e. The summed E-state index contributed by atoms with van der Waals surface area (Å²) >= 11 is 0. The number of hydrogen-bond donors (Lipinski definition) is 3. The molecule has 0 bridgehead atoms. The monoisotopic (exact) mass is 774 g/mol. The highest BCUT2D eigenvalue weighted by molar-refractivity contribution is 6.52. The second kappa shape index (κ2) is 16.1. The lowest BCUT2D eigenvalue weighted by atomic mass is 9.91. The fourth-order valence-corrected chi connectivity index (χ4v) is 6.77. The van der Waals surface area contributed by atoms with Crippen LogP contribution in [-0.2, 0) is 0 Å². The molecule has 0 unspecified atom stereocenters. The molecule has 13 heteroatoms. The first-order valence-electron chi connectivity index (χ1n) is 16.9. The number of carbonyl (C=O) groups excluding carboxylic acids is 3. The van der Waals surface area contributed by atoms with Gasteiger partial charge in [-0.3, -0.25) is 34.3 Å². The Labute approximate surface area is 330 Å². The lowest BCUT2D eigenvalue weighted by molar-refractivity contribution is 0.0814. The standard InChI is InChI=1S/C21H12FN5.C12H6N2O2.C9H6FNO.3CH4/c22-11-5-6-16-14(9-11)15(10-25-16)21-26-19-12-3-1-7-23-17(12)18-13(20(19)27-21)4-2-8-24-18;15-11-7-3-1-5-13-9(7)10-8(12(11)16)4-2-6-14-10;10-7-1-2-9-8(3-7)6(5-12)4-11-9;;;/h1-10,25H,(H,26,27);1-6H;1-5,11H;3*1H4. The first-order valence-corrected chi connectivity index (χ1v) is 16.9. The zero-order chi connectivity index (χ0) is 37.6. The molecule has 7 heterocycles. The number of aromatic nitrogens is 8. The minimum absolute atomic E-state index is 0. The highest BCUT2D eigenvalue weighted by Gasteiger charge is 2.31. The van der Waals surface area contributed by atoms with Gasteiger partial charge in [-0.25, -0.2) is 13.8 Å². The van der Waals surface area contributed by atoms with Crippen LogP contribution in [0, 0.1) is 11.6 Å². The lowest BCUT2D eigenvalue weighted by Gasteiger charge is -2.14. The Morgan fingerprint density at radius 1 is 0.534 bits per heavy atom. The highest BCUT2D eigenvalue weighted by Crippen LogP contribution is 2.35. The van der Waals surface area contributed by atoms with Gasteiger partial charge < -0.3 is 15.0 Å². The van der Waals surface area contributed by atoms with Gasteiger partial charge in [0.2, 0.25) is 11.6 Å². The molecule has 0 saturated carbocycles. The zero-order valence-corrected chi connectivity index (χ0v) is 28.3. The average molecular weight is 775 g/mol. The first kappa shape index (κ1) is 39.9. The molecule has 0 amide bonds. The summed E-state index contributed by atoms with van der Waals surface area (Å²) < 4.78 is 26.5. The van der Waals surface area contributed by atoms with E-state index in [9.17, 15) is 23.2 Å². The predicted molar refractivity (Wildman–Crippen MR) is 224 cm³/mol. The summed E-state index contributed by atoms with van der Waals surface area (Å²) in [5, 5.41) is 3.32. The molecule has 0 aliphatic heterocycles. The van der Waals surface area contributed by atoms with E-state index in [1.807, 2.05) is 30.5 Å². The van der Waals surface area contributed by atoms with Crippen LogP contribution in [0.5, 0.6) is 0 Å². The maximum Gasteiger partial charge on any atom is 0.235 e. The Kier molecular flexibility index (Phi) is 11.1. The van der Waals surface area contributed by atoms with Crippen LogP contribution in [0.15, 0.2) is 122 Å². The summed E-state index contributed by atoms with van der Waals surface area (Å²) in [6.45, 7) is 0. The van der Waals surface area contributed by atoms with E-state index in [-0.39, 0.29) is 33.9 Å².